The number of azo groups is 1. The largest absolute Gasteiger partial charge is 0.324 e. The molecule has 0 bridgehead atoms. The summed E-state index contributed by atoms with van der Waals surface area (Å²) in [6.07, 6.45) is 0.361. The van der Waals surface area contributed by atoms with E-state index >= 15 is 0 Å². The number of amides is 1. The SMILES string of the molecule is Cc1ccc(N=Nc2cc(C)ccc2NC(=O)[C@@H]2CCS(=O)(=O)C2)cc1. The fourth-order valence-electron chi connectivity index (χ4n) is 2.79. The number of rotatable bonds is 4. The monoisotopic (exact) mass is 371 g/mol. The van der Waals surface area contributed by atoms with Crippen LogP contribution in [0.5, 0.6) is 0 Å². The lowest BCUT2D eigenvalue weighted by Crippen LogP contribution is -2.23. The van der Waals surface area contributed by atoms with E-state index in [1.807, 2.05) is 50.2 Å². The number of carbonyl (C=O) groups excluding carboxylic acids is 1. The molecule has 0 spiro atoms. The molecule has 2 aromatic carbocycles. The minimum absolute atomic E-state index is 0.0684. The number of sulfone groups is 1. The Balaban J connectivity index is 1.79. The third-order valence-electron chi connectivity index (χ3n) is 4.32. The van der Waals surface area contributed by atoms with Crippen molar-refractivity contribution >= 4 is 32.8 Å². The van der Waals surface area contributed by atoms with Gasteiger partial charge in [0.1, 0.15) is 5.69 Å². The number of nitrogens with zero attached hydrogens (tertiary/aromatic N) is 2. The Hall–Kier alpha value is -2.54. The van der Waals surface area contributed by atoms with Crippen molar-refractivity contribution in [1.82, 2.24) is 0 Å². The first-order chi connectivity index (χ1) is 12.3. The van der Waals surface area contributed by atoms with Gasteiger partial charge in [0.25, 0.3) is 0 Å². The van der Waals surface area contributed by atoms with Crippen LogP contribution in [0.25, 0.3) is 0 Å². The van der Waals surface area contributed by atoms with Crippen LogP contribution in [0, 0.1) is 19.8 Å². The number of hydrogen-bond donors (Lipinski definition) is 1. The maximum absolute atomic E-state index is 12.4. The second-order valence-corrected chi connectivity index (χ2v) is 8.87. The Morgan fingerprint density at radius 2 is 1.73 bits per heavy atom. The van der Waals surface area contributed by atoms with Gasteiger partial charge in [0.15, 0.2) is 9.84 Å². The lowest BCUT2D eigenvalue weighted by Gasteiger charge is -2.11. The summed E-state index contributed by atoms with van der Waals surface area (Å²) in [5.41, 5.74) is 3.92. The van der Waals surface area contributed by atoms with Crippen LogP contribution in [0.3, 0.4) is 0 Å². The number of hydrogen-bond acceptors (Lipinski definition) is 5. The Labute approximate surface area is 153 Å². The fraction of sp³-hybridized carbons (Fsp3) is 0.316. The number of benzene rings is 2. The van der Waals surface area contributed by atoms with Crippen molar-refractivity contribution in [3.63, 3.8) is 0 Å². The van der Waals surface area contributed by atoms with E-state index in [0.717, 1.165) is 16.8 Å². The molecule has 136 valence electrons. The van der Waals surface area contributed by atoms with Gasteiger partial charge in [-0.05, 0) is 50.1 Å². The lowest BCUT2D eigenvalue weighted by atomic mass is 10.1. The summed E-state index contributed by atoms with van der Waals surface area (Å²) in [4.78, 5) is 12.4. The minimum atomic E-state index is -3.10. The van der Waals surface area contributed by atoms with Gasteiger partial charge in [-0.1, -0.05) is 23.8 Å². The van der Waals surface area contributed by atoms with Crippen LogP contribution in [0.15, 0.2) is 52.7 Å². The van der Waals surface area contributed by atoms with Crippen LogP contribution >= 0.6 is 0 Å². The second-order valence-electron chi connectivity index (χ2n) is 6.65. The van der Waals surface area contributed by atoms with Crippen molar-refractivity contribution < 1.29 is 13.2 Å². The predicted molar refractivity (Wildman–Crippen MR) is 102 cm³/mol. The van der Waals surface area contributed by atoms with Gasteiger partial charge in [0, 0.05) is 0 Å². The summed E-state index contributed by atoms with van der Waals surface area (Å²) in [6, 6.07) is 13.1. The number of nitrogens with one attached hydrogen (secondary N) is 1. The molecule has 1 aliphatic heterocycles. The van der Waals surface area contributed by atoms with E-state index < -0.39 is 15.8 Å². The Kier molecular flexibility index (Phi) is 5.18. The van der Waals surface area contributed by atoms with E-state index in [1.165, 1.54) is 0 Å². The first-order valence-electron chi connectivity index (χ1n) is 8.43. The van der Waals surface area contributed by atoms with Gasteiger partial charge in [-0.2, -0.15) is 5.11 Å². The smallest absolute Gasteiger partial charge is 0.228 e. The first kappa shape index (κ1) is 18.3. The zero-order chi connectivity index (χ0) is 18.7. The fourth-order valence-corrected chi connectivity index (χ4v) is 4.53. The zero-order valence-corrected chi connectivity index (χ0v) is 15.6. The molecule has 1 heterocycles. The van der Waals surface area contributed by atoms with Crippen LogP contribution in [-0.2, 0) is 14.6 Å². The van der Waals surface area contributed by atoms with Gasteiger partial charge in [0.2, 0.25) is 5.91 Å². The second kappa shape index (κ2) is 7.37. The topological polar surface area (TPSA) is 88.0 Å². The van der Waals surface area contributed by atoms with Crippen molar-refractivity contribution in [3.05, 3.63) is 53.6 Å². The standard InChI is InChI=1S/C19H21N3O3S/c1-13-3-6-16(7-4-13)21-22-18-11-14(2)5-8-17(18)20-19(23)15-9-10-26(24,25)12-15/h3-8,11,15H,9-10,12H2,1-2H3,(H,20,23)/t15-/m1/s1. The van der Waals surface area contributed by atoms with Gasteiger partial charge in [-0.15, -0.1) is 5.11 Å². The molecule has 7 heteroatoms. The zero-order valence-electron chi connectivity index (χ0n) is 14.8. The lowest BCUT2D eigenvalue weighted by molar-refractivity contribution is -0.119. The van der Waals surface area contributed by atoms with Crippen molar-refractivity contribution in [2.75, 3.05) is 16.8 Å². The van der Waals surface area contributed by atoms with Gasteiger partial charge in [0.05, 0.1) is 28.8 Å². The minimum Gasteiger partial charge on any atom is -0.324 e. The van der Waals surface area contributed by atoms with Gasteiger partial charge in [-0.3, -0.25) is 4.79 Å². The highest BCUT2D eigenvalue weighted by Crippen LogP contribution is 2.30. The van der Waals surface area contributed by atoms with Gasteiger partial charge in [-0.25, -0.2) is 8.42 Å². The number of carbonyl (C=O) groups is 1. The molecule has 0 aromatic heterocycles. The summed E-state index contributed by atoms with van der Waals surface area (Å²) in [5, 5.41) is 11.3. The van der Waals surface area contributed by atoms with E-state index in [2.05, 4.69) is 15.5 Å². The average molecular weight is 371 g/mol. The quantitative estimate of drug-likeness (QED) is 0.821. The Morgan fingerprint density at radius 3 is 2.38 bits per heavy atom. The van der Waals surface area contributed by atoms with Crippen molar-refractivity contribution in [2.24, 2.45) is 16.1 Å². The highest BCUT2D eigenvalue weighted by molar-refractivity contribution is 7.91. The summed E-state index contributed by atoms with van der Waals surface area (Å²) in [7, 11) is -3.10. The van der Waals surface area contributed by atoms with Crippen molar-refractivity contribution in [2.45, 2.75) is 20.3 Å². The third kappa shape index (κ3) is 4.54. The summed E-state index contributed by atoms with van der Waals surface area (Å²) in [6.45, 7) is 3.93. The van der Waals surface area contributed by atoms with Crippen molar-refractivity contribution in [1.29, 1.82) is 0 Å². The molecule has 0 unspecified atom stereocenters. The van der Waals surface area contributed by atoms with E-state index in [-0.39, 0.29) is 17.4 Å². The van der Waals surface area contributed by atoms with Crippen LogP contribution < -0.4 is 5.32 Å². The highest BCUT2D eigenvalue weighted by Gasteiger charge is 2.33. The molecule has 2 aromatic rings. The number of aryl methyl sites for hydroxylation is 2. The molecule has 0 aliphatic carbocycles. The van der Waals surface area contributed by atoms with Gasteiger partial charge >= 0.3 is 0 Å². The molecule has 1 aliphatic rings. The molecule has 6 nitrogen and oxygen atoms in total. The summed E-state index contributed by atoms with van der Waals surface area (Å²) >= 11 is 0. The molecular weight excluding hydrogens is 350 g/mol. The van der Waals surface area contributed by atoms with Crippen molar-refractivity contribution in [3.8, 4) is 0 Å². The van der Waals surface area contributed by atoms with E-state index in [4.69, 9.17) is 0 Å². The molecule has 26 heavy (non-hydrogen) atoms. The maximum Gasteiger partial charge on any atom is 0.228 e. The van der Waals surface area contributed by atoms with E-state index in [9.17, 15) is 13.2 Å². The first-order valence-corrected chi connectivity index (χ1v) is 10.2. The molecule has 1 N–H and O–H groups in total. The normalized spacial score (nSPS) is 18.9. The van der Waals surface area contributed by atoms with Crippen LogP contribution in [0.2, 0.25) is 0 Å². The molecule has 1 amide bonds. The molecule has 0 radical (unpaired) electrons. The molecule has 3 rings (SSSR count). The Bertz CT molecular complexity index is 950. The van der Waals surface area contributed by atoms with Crippen LogP contribution in [0.1, 0.15) is 17.5 Å². The van der Waals surface area contributed by atoms with Crippen LogP contribution in [0.4, 0.5) is 17.1 Å². The molecular formula is C19H21N3O3S. The average Bonchev–Trinajstić information content (AvgIpc) is 2.96. The molecule has 1 atom stereocenters. The molecule has 0 saturated carbocycles. The van der Waals surface area contributed by atoms with Gasteiger partial charge < -0.3 is 5.32 Å². The molecule has 1 saturated heterocycles. The maximum atomic E-state index is 12.4. The van der Waals surface area contributed by atoms with Crippen LogP contribution in [-0.4, -0.2) is 25.8 Å². The van der Waals surface area contributed by atoms with E-state index in [1.54, 1.807) is 6.07 Å². The Morgan fingerprint density at radius 1 is 1.04 bits per heavy atom. The number of anilines is 1. The summed E-state index contributed by atoms with van der Waals surface area (Å²) < 4.78 is 23.2. The third-order valence-corrected chi connectivity index (χ3v) is 6.09. The predicted octanol–water partition coefficient (Wildman–Crippen LogP) is 4.09. The molecule has 1 fully saturated rings. The van der Waals surface area contributed by atoms with E-state index in [0.29, 0.717) is 17.8 Å². The highest BCUT2D eigenvalue weighted by atomic mass is 32.2. The summed E-state index contributed by atoms with van der Waals surface area (Å²) in [5.74, 6) is -0.825.